The van der Waals surface area contributed by atoms with E-state index in [1.165, 1.54) is 12.8 Å². The Morgan fingerprint density at radius 3 is 2.35 bits per heavy atom. The van der Waals surface area contributed by atoms with Gasteiger partial charge in [0.25, 0.3) is 0 Å². The third kappa shape index (κ3) is 3.90. The molecule has 2 rings (SSSR count). The summed E-state index contributed by atoms with van der Waals surface area (Å²) in [5.74, 6) is 0.791. The molecule has 0 aromatic heterocycles. The number of hydrogen-bond acceptors (Lipinski definition) is 2. The van der Waals surface area contributed by atoms with E-state index in [1.807, 2.05) is 24.3 Å². The molecule has 0 heterocycles. The van der Waals surface area contributed by atoms with E-state index in [0.29, 0.717) is 5.02 Å². The van der Waals surface area contributed by atoms with Gasteiger partial charge in [-0.15, -0.1) is 0 Å². The molecule has 94 valence electrons. The van der Waals surface area contributed by atoms with Crippen LogP contribution < -0.4 is 4.74 Å². The third-order valence-corrected chi connectivity index (χ3v) is 3.52. The van der Waals surface area contributed by atoms with Gasteiger partial charge in [-0.2, -0.15) is 0 Å². The number of aliphatic hydroxyl groups is 1. The molecule has 0 aliphatic heterocycles. The van der Waals surface area contributed by atoms with Crippen molar-refractivity contribution in [2.75, 3.05) is 0 Å². The summed E-state index contributed by atoms with van der Waals surface area (Å²) in [6, 6.07) is 7.33. The van der Waals surface area contributed by atoms with E-state index in [4.69, 9.17) is 16.3 Å². The van der Waals surface area contributed by atoms with Gasteiger partial charge in [-0.3, -0.25) is 0 Å². The summed E-state index contributed by atoms with van der Waals surface area (Å²) in [4.78, 5) is 0. The van der Waals surface area contributed by atoms with Crippen molar-refractivity contribution in [2.45, 2.75) is 50.7 Å². The van der Waals surface area contributed by atoms with Crippen LogP contribution in [0.3, 0.4) is 0 Å². The van der Waals surface area contributed by atoms with Crippen molar-refractivity contribution in [2.24, 2.45) is 0 Å². The van der Waals surface area contributed by atoms with Crippen LogP contribution in [0.2, 0.25) is 5.02 Å². The first kappa shape index (κ1) is 12.7. The Morgan fingerprint density at radius 1 is 1.00 bits per heavy atom. The maximum atomic E-state index is 10.0. The van der Waals surface area contributed by atoms with Gasteiger partial charge in [-0.05, 0) is 43.5 Å². The summed E-state index contributed by atoms with van der Waals surface area (Å²) < 4.78 is 5.85. The average molecular weight is 255 g/mol. The molecule has 0 radical (unpaired) electrons. The fourth-order valence-corrected chi connectivity index (χ4v) is 2.38. The van der Waals surface area contributed by atoms with Gasteiger partial charge in [-0.1, -0.05) is 30.9 Å². The molecule has 1 aliphatic rings. The van der Waals surface area contributed by atoms with E-state index in [2.05, 4.69) is 0 Å². The molecule has 2 atom stereocenters. The van der Waals surface area contributed by atoms with Gasteiger partial charge in [0, 0.05) is 5.02 Å². The normalized spacial score (nSPS) is 26.0. The van der Waals surface area contributed by atoms with Crippen molar-refractivity contribution < 1.29 is 9.84 Å². The van der Waals surface area contributed by atoms with E-state index >= 15 is 0 Å². The summed E-state index contributed by atoms with van der Waals surface area (Å²) in [7, 11) is 0. The van der Waals surface area contributed by atoms with Gasteiger partial charge in [0.2, 0.25) is 0 Å². The van der Waals surface area contributed by atoms with Crippen LogP contribution in [0.15, 0.2) is 24.3 Å². The van der Waals surface area contributed by atoms with Crippen LogP contribution >= 0.6 is 11.6 Å². The molecular formula is C14H19ClO2. The Balaban J connectivity index is 1.97. The number of halogens is 1. The molecule has 1 aliphatic carbocycles. The van der Waals surface area contributed by atoms with Crippen molar-refractivity contribution >= 4 is 11.6 Å². The van der Waals surface area contributed by atoms with E-state index in [9.17, 15) is 5.11 Å². The van der Waals surface area contributed by atoms with Gasteiger partial charge >= 0.3 is 0 Å². The Morgan fingerprint density at radius 2 is 1.65 bits per heavy atom. The minimum Gasteiger partial charge on any atom is -0.488 e. The molecule has 2 nitrogen and oxygen atoms in total. The molecule has 0 amide bonds. The highest BCUT2D eigenvalue weighted by Crippen LogP contribution is 2.23. The average Bonchev–Trinajstić information content (AvgIpc) is 2.31. The highest BCUT2D eigenvalue weighted by Gasteiger charge is 2.22. The Bertz CT molecular complexity index is 337. The minimum atomic E-state index is -0.342. The zero-order valence-electron chi connectivity index (χ0n) is 9.94. The Labute approximate surface area is 108 Å². The summed E-state index contributed by atoms with van der Waals surface area (Å²) >= 11 is 5.83. The SMILES string of the molecule is OC1CCCCCCC1Oc1ccc(Cl)cc1. The topological polar surface area (TPSA) is 29.5 Å². The highest BCUT2D eigenvalue weighted by molar-refractivity contribution is 6.30. The summed E-state index contributed by atoms with van der Waals surface area (Å²) in [6.07, 6.45) is 6.07. The third-order valence-electron chi connectivity index (χ3n) is 3.27. The molecule has 1 saturated carbocycles. The second-order valence-corrected chi connectivity index (χ2v) is 5.11. The molecular weight excluding hydrogens is 236 g/mol. The van der Waals surface area contributed by atoms with Crippen LogP contribution in [0.5, 0.6) is 5.75 Å². The van der Waals surface area contributed by atoms with Crippen molar-refractivity contribution in [3.63, 3.8) is 0 Å². The second kappa shape index (κ2) is 6.27. The molecule has 1 fully saturated rings. The summed E-state index contributed by atoms with van der Waals surface area (Å²) in [6.45, 7) is 0. The smallest absolute Gasteiger partial charge is 0.124 e. The predicted molar refractivity (Wildman–Crippen MR) is 69.6 cm³/mol. The fourth-order valence-electron chi connectivity index (χ4n) is 2.26. The highest BCUT2D eigenvalue weighted by atomic mass is 35.5. The molecule has 0 spiro atoms. The summed E-state index contributed by atoms with van der Waals surface area (Å²) in [5, 5.41) is 10.7. The maximum absolute atomic E-state index is 10.0. The molecule has 1 N–H and O–H groups in total. The van der Waals surface area contributed by atoms with Crippen molar-refractivity contribution in [1.29, 1.82) is 0 Å². The van der Waals surface area contributed by atoms with Crippen molar-refractivity contribution in [3.8, 4) is 5.75 Å². The van der Waals surface area contributed by atoms with Gasteiger partial charge in [0.1, 0.15) is 11.9 Å². The first-order valence-electron chi connectivity index (χ1n) is 6.36. The lowest BCUT2D eigenvalue weighted by atomic mass is 9.96. The van der Waals surface area contributed by atoms with Crippen LogP contribution in [0, 0.1) is 0 Å². The maximum Gasteiger partial charge on any atom is 0.124 e. The van der Waals surface area contributed by atoms with Crippen LogP contribution in [0.4, 0.5) is 0 Å². The number of benzene rings is 1. The number of hydrogen-bond donors (Lipinski definition) is 1. The first-order chi connectivity index (χ1) is 8.25. The van der Waals surface area contributed by atoms with Crippen LogP contribution in [0.25, 0.3) is 0 Å². The van der Waals surface area contributed by atoms with E-state index < -0.39 is 0 Å². The van der Waals surface area contributed by atoms with E-state index in [-0.39, 0.29) is 12.2 Å². The standard InChI is InChI=1S/C14H19ClO2/c15-11-7-9-12(10-8-11)17-14-6-4-2-1-3-5-13(14)16/h7-10,13-14,16H,1-6H2. The molecule has 1 aromatic carbocycles. The molecule has 1 aromatic rings. The quantitative estimate of drug-likeness (QED) is 0.870. The zero-order valence-corrected chi connectivity index (χ0v) is 10.7. The number of aliphatic hydroxyl groups excluding tert-OH is 1. The molecule has 17 heavy (non-hydrogen) atoms. The van der Waals surface area contributed by atoms with Gasteiger partial charge < -0.3 is 9.84 Å². The number of rotatable bonds is 2. The van der Waals surface area contributed by atoms with E-state index in [1.54, 1.807) is 0 Å². The van der Waals surface area contributed by atoms with Crippen molar-refractivity contribution in [1.82, 2.24) is 0 Å². The van der Waals surface area contributed by atoms with Crippen molar-refractivity contribution in [3.05, 3.63) is 29.3 Å². The summed E-state index contributed by atoms with van der Waals surface area (Å²) in [5.41, 5.74) is 0. The Hall–Kier alpha value is -0.730. The van der Waals surface area contributed by atoms with Gasteiger partial charge in [0.05, 0.1) is 6.10 Å². The molecule has 3 heteroatoms. The largest absolute Gasteiger partial charge is 0.488 e. The van der Waals surface area contributed by atoms with E-state index in [0.717, 1.165) is 31.4 Å². The first-order valence-corrected chi connectivity index (χ1v) is 6.74. The van der Waals surface area contributed by atoms with Crippen LogP contribution in [-0.4, -0.2) is 17.3 Å². The van der Waals surface area contributed by atoms with Gasteiger partial charge in [-0.25, -0.2) is 0 Å². The lowest BCUT2D eigenvalue weighted by Crippen LogP contribution is -2.32. The molecule has 0 saturated heterocycles. The Kier molecular flexibility index (Phi) is 4.69. The predicted octanol–water partition coefficient (Wildman–Crippen LogP) is 3.80. The zero-order chi connectivity index (χ0) is 12.1. The second-order valence-electron chi connectivity index (χ2n) is 4.67. The van der Waals surface area contributed by atoms with Crippen LogP contribution in [-0.2, 0) is 0 Å². The lowest BCUT2D eigenvalue weighted by Gasteiger charge is -2.26. The number of ether oxygens (including phenoxy) is 1. The fraction of sp³-hybridized carbons (Fsp3) is 0.571. The molecule has 0 bridgehead atoms. The molecule has 2 unspecified atom stereocenters. The minimum absolute atomic E-state index is 0.0727. The van der Waals surface area contributed by atoms with Gasteiger partial charge in [0.15, 0.2) is 0 Å². The monoisotopic (exact) mass is 254 g/mol. The van der Waals surface area contributed by atoms with Crippen LogP contribution in [0.1, 0.15) is 38.5 Å². The lowest BCUT2D eigenvalue weighted by molar-refractivity contribution is 0.0187.